The average molecular weight is 122 g/mol. The third-order valence-electron chi connectivity index (χ3n) is 2.26. The van der Waals surface area contributed by atoms with Gasteiger partial charge in [-0.15, -0.1) is 5.73 Å². The summed E-state index contributed by atoms with van der Waals surface area (Å²) in [6.07, 6.45) is 3.85. The van der Waals surface area contributed by atoms with Crippen LogP contribution in [0.3, 0.4) is 0 Å². The van der Waals surface area contributed by atoms with Crippen molar-refractivity contribution in [2.24, 2.45) is 5.41 Å². The summed E-state index contributed by atoms with van der Waals surface area (Å²) in [4.78, 5) is 0. The summed E-state index contributed by atoms with van der Waals surface area (Å²) in [5.41, 5.74) is 4.84. The lowest BCUT2D eigenvalue weighted by atomic mass is 9.88. The SMILES string of the molecule is C=C=C1CCCC1(C)C. The minimum atomic E-state index is 0.405. The summed E-state index contributed by atoms with van der Waals surface area (Å²) in [5.74, 6) is 0. The molecule has 1 aliphatic carbocycles. The summed E-state index contributed by atoms with van der Waals surface area (Å²) in [5, 5.41) is 0. The molecule has 0 heteroatoms. The molecule has 1 rings (SSSR count). The van der Waals surface area contributed by atoms with Gasteiger partial charge in [0.2, 0.25) is 0 Å². The summed E-state index contributed by atoms with van der Waals surface area (Å²) >= 11 is 0. The molecular weight excluding hydrogens is 108 g/mol. The van der Waals surface area contributed by atoms with Gasteiger partial charge in [-0.2, -0.15) is 0 Å². The second-order valence-corrected chi connectivity index (χ2v) is 3.39. The van der Waals surface area contributed by atoms with Crippen LogP contribution in [0.15, 0.2) is 17.9 Å². The summed E-state index contributed by atoms with van der Waals surface area (Å²) < 4.78 is 0. The van der Waals surface area contributed by atoms with E-state index in [-0.39, 0.29) is 0 Å². The molecule has 0 aromatic rings. The van der Waals surface area contributed by atoms with Crippen LogP contribution in [0.1, 0.15) is 33.1 Å². The Morgan fingerprint density at radius 1 is 1.56 bits per heavy atom. The van der Waals surface area contributed by atoms with Crippen molar-refractivity contribution < 1.29 is 0 Å². The van der Waals surface area contributed by atoms with Crippen molar-refractivity contribution in [2.45, 2.75) is 33.1 Å². The van der Waals surface area contributed by atoms with Gasteiger partial charge in [0.05, 0.1) is 0 Å². The van der Waals surface area contributed by atoms with E-state index in [1.54, 1.807) is 0 Å². The Balaban J connectivity index is 2.87. The zero-order valence-electron chi connectivity index (χ0n) is 6.33. The third kappa shape index (κ3) is 1.09. The number of allylic oxidation sites excluding steroid dienone is 1. The molecule has 50 valence electrons. The second kappa shape index (κ2) is 2.04. The molecule has 0 bridgehead atoms. The highest BCUT2D eigenvalue weighted by atomic mass is 14.3. The van der Waals surface area contributed by atoms with Gasteiger partial charge in [0, 0.05) is 0 Å². The Kier molecular flexibility index (Phi) is 1.50. The number of rotatable bonds is 0. The first-order valence-corrected chi connectivity index (χ1v) is 3.56. The average Bonchev–Trinajstić information content (AvgIpc) is 2.08. The summed E-state index contributed by atoms with van der Waals surface area (Å²) in [6.45, 7) is 8.22. The molecule has 0 aliphatic heterocycles. The van der Waals surface area contributed by atoms with Crippen LogP contribution in [0, 0.1) is 5.41 Å². The van der Waals surface area contributed by atoms with Gasteiger partial charge in [-0.05, 0) is 30.3 Å². The van der Waals surface area contributed by atoms with Gasteiger partial charge in [0.15, 0.2) is 0 Å². The van der Waals surface area contributed by atoms with Crippen molar-refractivity contribution in [1.82, 2.24) is 0 Å². The van der Waals surface area contributed by atoms with E-state index in [1.807, 2.05) is 0 Å². The van der Waals surface area contributed by atoms with Gasteiger partial charge in [-0.1, -0.05) is 20.4 Å². The molecule has 0 radical (unpaired) electrons. The molecule has 9 heavy (non-hydrogen) atoms. The predicted molar refractivity (Wildman–Crippen MR) is 40.3 cm³/mol. The van der Waals surface area contributed by atoms with E-state index in [0.717, 1.165) is 0 Å². The number of hydrogen-bond acceptors (Lipinski definition) is 0. The predicted octanol–water partition coefficient (Wildman–Crippen LogP) is 2.91. The number of hydrogen-bond donors (Lipinski definition) is 0. The fraction of sp³-hybridized carbons (Fsp3) is 0.667. The van der Waals surface area contributed by atoms with Crippen molar-refractivity contribution in [1.29, 1.82) is 0 Å². The zero-order valence-corrected chi connectivity index (χ0v) is 6.33. The van der Waals surface area contributed by atoms with Crippen LogP contribution >= 0.6 is 0 Å². The molecular formula is C9H14. The van der Waals surface area contributed by atoms with E-state index in [1.165, 1.54) is 24.8 Å². The largest absolute Gasteiger partial charge is 0.129 e. The Labute approximate surface area is 57.3 Å². The minimum absolute atomic E-state index is 0.405. The van der Waals surface area contributed by atoms with Crippen LogP contribution in [0.2, 0.25) is 0 Å². The third-order valence-corrected chi connectivity index (χ3v) is 2.26. The highest BCUT2D eigenvalue weighted by Crippen LogP contribution is 2.40. The molecule has 0 saturated heterocycles. The quantitative estimate of drug-likeness (QED) is 0.433. The first kappa shape index (κ1) is 6.64. The second-order valence-electron chi connectivity index (χ2n) is 3.39. The van der Waals surface area contributed by atoms with E-state index in [2.05, 4.69) is 26.2 Å². The monoisotopic (exact) mass is 122 g/mol. The van der Waals surface area contributed by atoms with E-state index in [4.69, 9.17) is 0 Å². The maximum absolute atomic E-state index is 3.68. The molecule has 0 unspecified atom stereocenters. The molecule has 0 heterocycles. The van der Waals surface area contributed by atoms with Gasteiger partial charge < -0.3 is 0 Å². The van der Waals surface area contributed by atoms with Crippen LogP contribution < -0.4 is 0 Å². The van der Waals surface area contributed by atoms with Gasteiger partial charge >= 0.3 is 0 Å². The maximum Gasteiger partial charge on any atom is -0.00689 e. The Hall–Kier alpha value is -0.480. The molecule has 1 aliphatic rings. The lowest BCUT2D eigenvalue weighted by Crippen LogP contribution is -2.05. The molecule has 1 saturated carbocycles. The fourth-order valence-electron chi connectivity index (χ4n) is 1.52. The lowest BCUT2D eigenvalue weighted by Gasteiger charge is -2.16. The van der Waals surface area contributed by atoms with Gasteiger partial charge in [0.25, 0.3) is 0 Å². The van der Waals surface area contributed by atoms with Gasteiger partial charge in [-0.25, -0.2) is 0 Å². The standard InChI is InChI=1S/C9H14/c1-4-8-6-5-7-9(8,2)3/h1,5-7H2,2-3H3. The molecule has 0 amide bonds. The van der Waals surface area contributed by atoms with E-state index < -0.39 is 0 Å². The van der Waals surface area contributed by atoms with Gasteiger partial charge in [0.1, 0.15) is 0 Å². The summed E-state index contributed by atoms with van der Waals surface area (Å²) in [7, 11) is 0. The topological polar surface area (TPSA) is 0 Å². The highest BCUT2D eigenvalue weighted by molar-refractivity contribution is 5.14. The minimum Gasteiger partial charge on any atom is -0.129 e. The van der Waals surface area contributed by atoms with E-state index >= 15 is 0 Å². The van der Waals surface area contributed by atoms with Crippen molar-refractivity contribution in [3.63, 3.8) is 0 Å². The Morgan fingerprint density at radius 2 is 2.22 bits per heavy atom. The van der Waals surface area contributed by atoms with E-state index in [0.29, 0.717) is 5.41 Å². The smallest absolute Gasteiger partial charge is 0.00689 e. The zero-order chi connectivity index (χ0) is 6.91. The van der Waals surface area contributed by atoms with Crippen molar-refractivity contribution in [3.8, 4) is 0 Å². The van der Waals surface area contributed by atoms with Crippen molar-refractivity contribution in [3.05, 3.63) is 17.9 Å². The Bertz CT molecular complexity index is 157. The molecule has 0 nitrogen and oxygen atoms in total. The molecule has 0 spiro atoms. The van der Waals surface area contributed by atoms with Crippen LogP contribution in [0.25, 0.3) is 0 Å². The molecule has 1 fully saturated rings. The first-order chi connectivity index (χ1) is 4.17. The van der Waals surface area contributed by atoms with E-state index in [9.17, 15) is 0 Å². The summed E-state index contributed by atoms with van der Waals surface area (Å²) in [6, 6.07) is 0. The van der Waals surface area contributed by atoms with Crippen LogP contribution in [-0.2, 0) is 0 Å². The molecule has 0 atom stereocenters. The maximum atomic E-state index is 3.68. The van der Waals surface area contributed by atoms with Crippen molar-refractivity contribution in [2.75, 3.05) is 0 Å². The first-order valence-electron chi connectivity index (χ1n) is 3.56. The van der Waals surface area contributed by atoms with Crippen LogP contribution in [-0.4, -0.2) is 0 Å². The van der Waals surface area contributed by atoms with Gasteiger partial charge in [-0.3, -0.25) is 0 Å². The lowest BCUT2D eigenvalue weighted by molar-refractivity contribution is 0.462. The van der Waals surface area contributed by atoms with Crippen LogP contribution in [0.4, 0.5) is 0 Å². The molecule has 0 aromatic heterocycles. The molecule has 0 N–H and O–H groups in total. The van der Waals surface area contributed by atoms with Crippen LogP contribution in [0.5, 0.6) is 0 Å². The normalized spacial score (nSPS) is 24.0. The highest BCUT2D eigenvalue weighted by Gasteiger charge is 2.27. The molecule has 0 aromatic carbocycles. The fourth-order valence-corrected chi connectivity index (χ4v) is 1.52. The van der Waals surface area contributed by atoms with Crippen molar-refractivity contribution >= 4 is 0 Å². The Morgan fingerprint density at radius 3 is 2.44 bits per heavy atom.